The van der Waals surface area contributed by atoms with Crippen LogP contribution < -0.4 is 10.9 Å². The summed E-state index contributed by atoms with van der Waals surface area (Å²) in [5.74, 6) is -1.04. The Balaban J connectivity index is 1.80. The van der Waals surface area contributed by atoms with Crippen LogP contribution in [0.25, 0.3) is 21.9 Å². The van der Waals surface area contributed by atoms with Crippen LogP contribution in [0.2, 0.25) is 0 Å². The smallest absolute Gasteiger partial charge is 0.340 e. The molecular formula is C22H18FNO4. The fourth-order valence-electron chi connectivity index (χ4n) is 3.59. The van der Waals surface area contributed by atoms with Crippen molar-refractivity contribution >= 4 is 33.5 Å². The summed E-state index contributed by atoms with van der Waals surface area (Å²) in [5, 5.41) is 4.13. The molecule has 1 N–H and O–H groups in total. The maximum absolute atomic E-state index is 13.8. The maximum atomic E-state index is 13.8. The summed E-state index contributed by atoms with van der Waals surface area (Å²) < 4.78 is 25.0. The van der Waals surface area contributed by atoms with Crippen LogP contribution in [0.3, 0.4) is 0 Å². The van der Waals surface area contributed by atoms with Crippen LogP contribution in [0.1, 0.15) is 22.3 Å². The van der Waals surface area contributed by atoms with E-state index in [4.69, 9.17) is 8.83 Å². The molecule has 0 saturated heterocycles. The van der Waals surface area contributed by atoms with E-state index < -0.39 is 17.3 Å². The number of hydrogen-bond donors (Lipinski definition) is 1. The summed E-state index contributed by atoms with van der Waals surface area (Å²) in [6.45, 7) is 5.63. The van der Waals surface area contributed by atoms with Crippen molar-refractivity contribution in [2.45, 2.75) is 27.2 Å². The number of nitrogens with one attached hydrogen (secondary N) is 1. The van der Waals surface area contributed by atoms with Gasteiger partial charge in [0.25, 0.3) is 0 Å². The lowest BCUT2D eigenvalue weighted by atomic mass is 9.98. The van der Waals surface area contributed by atoms with Crippen molar-refractivity contribution in [3.8, 4) is 0 Å². The number of carbonyl (C=O) groups is 1. The molecule has 0 aliphatic rings. The van der Waals surface area contributed by atoms with Crippen molar-refractivity contribution in [2.24, 2.45) is 0 Å². The second kappa shape index (κ2) is 6.64. The molecule has 2 aromatic carbocycles. The SMILES string of the molecule is Cc1coc2c1c(C)cc1oc(=O)c(CC(=O)Nc3ccccc3F)c(C)c12. The Morgan fingerprint density at radius 3 is 2.61 bits per heavy atom. The van der Waals surface area contributed by atoms with E-state index in [2.05, 4.69) is 5.32 Å². The van der Waals surface area contributed by atoms with Gasteiger partial charge in [-0.25, -0.2) is 9.18 Å². The van der Waals surface area contributed by atoms with Crippen LogP contribution in [-0.2, 0) is 11.2 Å². The van der Waals surface area contributed by atoms with Crippen LogP contribution in [0.4, 0.5) is 10.1 Å². The van der Waals surface area contributed by atoms with Crippen LogP contribution in [0, 0.1) is 26.6 Å². The Kier molecular flexibility index (Phi) is 4.26. The van der Waals surface area contributed by atoms with Gasteiger partial charge in [-0.3, -0.25) is 4.79 Å². The summed E-state index contributed by atoms with van der Waals surface area (Å²) in [5.41, 5.74) is 3.30. The molecule has 2 aromatic heterocycles. The summed E-state index contributed by atoms with van der Waals surface area (Å²) >= 11 is 0. The highest BCUT2D eigenvalue weighted by Crippen LogP contribution is 2.34. The van der Waals surface area contributed by atoms with Gasteiger partial charge in [-0.05, 0) is 55.7 Å². The molecule has 4 aromatic rings. The lowest BCUT2D eigenvalue weighted by Gasteiger charge is -2.10. The van der Waals surface area contributed by atoms with Crippen LogP contribution >= 0.6 is 0 Å². The normalized spacial score (nSPS) is 11.3. The van der Waals surface area contributed by atoms with E-state index >= 15 is 0 Å². The molecule has 1 amide bonds. The highest BCUT2D eigenvalue weighted by molar-refractivity contribution is 6.07. The van der Waals surface area contributed by atoms with E-state index in [1.165, 1.54) is 18.2 Å². The number of furan rings is 1. The highest BCUT2D eigenvalue weighted by atomic mass is 19.1. The van der Waals surface area contributed by atoms with Gasteiger partial charge in [-0.2, -0.15) is 0 Å². The summed E-state index contributed by atoms with van der Waals surface area (Å²) in [6.07, 6.45) is 1.43. The molecule has 0 aliphatic carbocycles. The number of fused-ring (bicyclic) bond motifs is 3. The zero-order chi connectivity index (χ0) is 20.0. The number of aryl methyl sites for hydroxylation is 3. The van der Waals surface area contributed by atoms with Gasteiger partial charge in [0.05, 0.1) is 29.3 Å². The van der Waals surface area contributed by atoms with Crippen molar-refractivity contribution < 1.29 is 18.0 Å². The third-order valence-electron chi connectivity index (χ3n) is 4.95. The minimum atomic E-state index is -0.587. The number of anilines is 1. The van der Waals surface area contributed by atoms with Gasteiger partial charge in [-0.15, -0.1) is 0 Å². The fraction of sp³-hybridized carbons (Fsp3) is 0.182. The Hall–Kier alpha value is -3.41. The van der Waals surface area contributed by atoms with Gasteiger partial charge < -0.3 is 14.2 Å². The minimum absolute atomic E-state index is 0.0648. The molecule has 2 heterocycles. The van der Waals surface area contributed by atoms with Crippen LogP contribution in [0.15, 0.2) is 50.2 Å². The van der Waals surface area contributed by atoms with E-state index in [-0.39, 0.29) is 17.7 Å². The summed E-state index contributed by atoms with van der Waals surface area (Å²) in [4.78, 5) is 24.9. The monoisotopic (exact) mass is 379 g/mol. The first-order valence-corrected chi connectivity index (χ1v) is 8.85. The van der Waals surface area contributed by atoms with Gasteiger partial charge in [0.1, 0.15) is 17.0 Å². The van der Waals surface area contributed by atoms with E-state index in [1.54, 1.807) is 25.3 Å². The topological polar surface area (TPSA) is 72.5 Å². The molecule has 5 nitrogen and oxygen atoms in total. The second-order valence-electron chi connectivity index (χ2n) is 6.89. The molecule has 28 heavy (non-hydrogen) atoms. The Morgan fingerprint density at radius 2 is 1.86 bits per heavy atom. The number of hydrogen-bond acceptors (Lipinski definition) is 4. The number of amides is 1. The first-order valence-electron chi connectivity index (χ1n) is 8.85. The predicted molar refractivity (Wildman–Crippen MR) is 105 cm³/mol. The average molecular weight is 379 g/mol. The number of benzene rings is 2. The molecule has 6 heteroatoms. The van der Waals surface area contributed by atoms with E-state index in [1.807, 2.05) is 13.8 Å². The van der Waals surface area contributed by atoms with Crippen molar-refractivity contribution in [1.82, 2.24) is 0 Å². The third kappa shape index (κ3) is 2.87. The van der Waals surface area contributed by atoms with Gasteiger partial charge in [-0.1, -0.05) is 12.1 Å². The number of halogens is 1. The fourth-order valence-corrected chi connectivity index (χ4v) is 3.59. The zero-order valence-electron chi connectivity index (χ0n) is 15.7. The third-order valence-corrected chi connectivity index (χ3v) is 4.95. The molecule has 0 radical (unpaired) electrons. The summed E-state index contributed by atoms with van der Waals surface area (Å²) in [6, 6.07) is 7.67. The first-order chi connectivity index (χ1) is 13.4. The molecule has 4 rings (SSSR count). The molecule has 0 atom stereocenters. The molecule has 0 saturated carbocycles. The van der Waals surface area contributed by atoms with Crippen molar-refractivity contribution in [2.75, 3.05) is 5.32 Å². The lowest BCUT2D eigenvalue weighted by molar-refractivity contribution is -0.115. The van der Waals surface area contributed by atoms with E-state index in [9.17, 15) is 14.0 Å². The Bertz CT molecular complexity index is 1300. The second-order valence-corrected chi connectivity index (χ2v) is 6.89. The Labute approximate surface area is 159 Å². The van der Waals surface area contributed by atoms with E-state index in [0.29, 0.717) is 22.1 Å². The highest BCUT2D eigenvalue weighted by Gasteiger charge is 2.20. The quantitative estimate of drug-likeness (QED) is 0.520. The lowest BCUT2D eigenvalue weighted by Crippen LogP contribution is -2.21. The molecule has 0 bridgehead atoms. The molecule has 0 spiro atoms. The predicted octanol–water partition coefficient (Wildman–Crippen LogP) is 4.78. The molecule has 0 unspecified atom stereocenters. The minimum Gasteiger partial charge on any atom is -0.463 e. The molecule has 0 aliphatic heterocycles. The van der Waals surface area contributed by atoms with Gasteiger partial charge in [0.2, 0.25) is 5.91 Å². The number of para-hydroxylation sites is 1. The maximum Gasteiger partial charge on any atom is 0.340 e. The first kappa shape index (κ1) is 18.0. The van der Waals surface area contributed by atoms with Gasteiger partial charge in [0.15, 0.2) is 0 Å². The number of rotatable bonds is 3. The van der Waals surface area contributed by atoms with Crippen LogP contribution in [-0.4, -0.2) is 5.91 Å². The van der Waals surface area contributed by atoms with E-state index in [0.717, 1.165) is 16.5 Å². The summed E-state index contributed by atoms with van der Waals surface area (Å²) in [7, 11) is 0. The van der Waals surface area contributed by atoms with Gasteiger partial charge in [0, 0.05) is 5.39 Å². The molecule has 0 fully saturated rings. The molecular weight excluding hydrogens is 361 g/mol. The number of carbonyl (C=O) groups excluding carboxylic acids is 1. The largest absolute Gasteiger partial charge is 0.463 e. The standard InChI is InChI=1S/C22H18FNO4/c1-11-8-17-20(21-19(11)12(2)10-27-21)13(3)14(22(26)28-17)9-18(25)24-16-7-5-4-6-15(16)23/h4-8,10H,9H2,1-3H3,(H,24,25). The van der Waals surface area contributed by atoms with Crippen molar-refractivity contribution in [3.05, 3.63) is 75.1 Å². The van der Waals surface area contributed by atoms with Crippen LogP contribution in [0.5, 0.6) is 0 Å². The molecule has 142 valence electrons. The van der Waals surface area contributed by atoms with Crippen molar-refractivity contribution in [3.63, 3.8) is 0 Å². The van der Waals surface area contributed by atoms with Crippen molar-refractivity contribution in [1.29, 1.82) is 0 Å². The average Bonchev–Trinajstić information content (AvgIpc) is 3.02. The Morgan fingerprint density at radius 1 is 1.11 bits per heavy atom. The van der Waals surface area contributed by atoms with Gasteiger partial charge >= 0.3 is 5.63 Å². The zero-order valence-corrected chi connectivity index (χ0v) is 15.7.